The summed E-state index contributed by atoms with van der Waals surface area (Å²) in [6, 6.07) is 3.20. The molecular formula is C9H2N4O3. The zero-order valence-corrected chi connectivity index (χ0v) is 7.59. The molecule has 1 aromatic heterocycles. The van der Waals surface area contributed by atoms with Gasteiger partial charge in [-0.15, -0.1) is 0 Å². The molecule has 76 valence electrons. The van der Waals surface area contributed by atoms with E-state index >= 15 is 0 Å². The largest absolute Gasteiger partial charge is 0.503 e. The van der Waals surface area contributed by atoms with Gasteiger partial charge in [0.2, 0.25) is 5.76 Å². The minimum atomic E-state index is -0.916. The second-order valence-electron chi connectivity index (χ2n) is 2.87. The molecule has 0 fully saturated rings. The molecule has 1 heterocycles. The lowest BCUT2D eigenvalue weighted by Crippen LogP contribution is -2.06. The fourth-order valence-electron chi connectivity index (χ4n) is 1.25. The zero-order valence-electron chi connectivity index (χ0n) is 7.59. The lowest BCUT2D eigenvalue weighted by atomic mass is 10.2. The number of nitrogens with zero attached hydrogens (tertiary/aromatic N) is 4. The SMILES string of the molecule is N#Cc1nc2c(nc1C#N)C(O)=C(O)C2=O. The minimum absolute atomic E-state index is 0.280. The van der Waals surface area contributed by atoms with Gasteiger partial charge in [0.05, 0.1) is 0 Å². The van der Waals surface area contributed by atoms with Crippen molar-refractivity contribution in [3.63, 3.8) is 0 Å². The Morgan fingerprint density at radius 2 is 1.44 bits per heavy atom. The highest BCUT2D eigenvalue weighted by Gasteiger charge is 2.34. The van der Waals surface area contributed by atoms with Crippen molar-refractivity contribution in [1.82, 2.24) is 9.97 Å². The molecular weight excluding hydrogens is 212 g/mol. The van der Waals surface area contributed by atoms with Crippen molar-refractivity contribution in [2.75, 3.05) is 0 Å². The van der Waals surface area contributed by atoms with Gasteiger partial charge in [0.25, 0.3) is 5.78 Å². The van der Waals surface area contributed by atoms with Gasteiger partial charge in [-0.2, -0.15) is 10.5 Å². The molecule has 1 aliphatic rings. The number of hydrogen-bond acceptors (Lipinski definition) is 7. The van der Waals surface area contributed by atoms with E-state index in [1.54, 1.807) is 12.1 Å². The Morgan fingerprint density at radius 1 is 0.938 bits per heavy atom. The average molecular weight is 214 g/mol. The Bertz CT molecular complexity index is 633. The van der Waals surface area contributed by atoms with Gasteiger partial charge in [-0.1, -0.05) is 0 Å². The summed E-state index contributed by atoms with van der Waals surface area (Å²) in [5.74, 6) is -2.52. The van der Waals surface area contributed by atoms with Gasteiger partial charge in [-0.3, -0.25) is 4.79 Å². The van der Waals surface area contributed by atoms with Crippen LogP contribution in [0.25, 0.3) is 5.76 Å². The monoisotopic (exact) mass is 214 g/mol. The number of carbonyl (C=O) groups is 1. The number of Topliss-reactive ketones (excluding diaryl/α,β-unsaturated/α-hetero) is 1. The molecule has 16 heavy (non-hydrogen) atoms. The first kappa shape index (κ1) is 9.62. The maximum absolute atomic E-state index is 11.3. The van der Waals surface area contributed by atoms with Crippen molar-refractivity contribution in [3.8, 4) is 12.1 Å². The number of carbonyl (C=O) groups excluding carboxylic acids is 1. The number of aliphatic hydroxyl groups excluding tert-OH is 2. The second kappa shape index (κ2) is 3.04. The summed E-state index contributed by atoms with van der Waals surface area (Å²) in [5, 5.41) is 35.8. The maximum Gasteiger partial charge on any atom is 0.252 e. The van der Waals surface area contributed by atoms with Crippen LogP contribution in [-0.4, -0.2) is 26.0 Å². The maximum atomic E-state index is 11.3. The summed E-state index contributed by atoms with van der Waals surface area (Å²) < 4.78 is 0. The first-order valence-electron chi connectivity index (χ1n) is 3.99. The van der Waals surface area contributed by atoms with Crippen LogP contribution in [-0.2, 0) is 0 Å². The van der Waals surface area contributed by atoms with Gasteiger partial charge >= 0.3 is 0 Å². The first-order chi connectivity index (χ1) is 7.60. The molecule has 0 spiro atoms. The van der Waals surface area contributed by atoms with Gasteiger partial charge in [0.1, 0.15) is 23.5 Å². The lowest BCUT2D eigenvalue weighted by molar-refractivity contribution is 0.0977. The smallest absolute Gasteiger partial charge is 0.252 e. The molecule has 2 N–H and O–H groups in total. The van der Waals surface area contributed by atoms with Crippen LogP contribution in [0.15, 0.2) is 5.76 Å². The van der Waals surface area contributed by atoms with Crippen LogP contribution in [0.5, 0.6) is 0 Å². The van der Waals surface area contributed by atoms with Gasteiger partial charge in [0, 0.05) is 0 Å². The number of fused-ring (bicyclic) bond motifs is 1. The Hall–Kier alpha value is -2.93. The molecule has 0 aliphatic heterocycles. The van der Waals surface area contributed by atoms with Crippen molar-refractivity contribution < 1.29 is 15.0 Å². The molecule has 0 atom stereocenters. The van der Waals surface area contributed by atoms with Crippen LogP contribution < -0.4 is 0 Å². The van der Waals surface area contributed by atoms with E-state index in [1.165, 1.54) is 0 Å². The van der Waals surface area contributed by atoms with Crippen molar-refractivity contribution in [1.29, 1.82) is 10.5 Å². The fraction of sp³-hybridized carbons (Fsp3) is 0. The predicted octanol–water partition coefficient (Wildman–Crippen LogP) is 0.201. The van der Waals surface area contributed by atoms with Crippen LogP contribution >= 0.6 is 0 Å². The van der Waals surface area contributed by atoms with E-state index in [1.807, 2.05) is 0 Å². The predicted molar refractivity (Wildman–Crippen MR) is 48.0 cm³/mol. The van der Waals surface area contributed by atoms with Crippen LogP contribution in [0, 0.1) is 22.7 Å². The number of aliphatic hydroxyl groups is 2. The van der Waals surface area contributed by atoms with Crippen molar-refractivity contribution >= 4 is 11.5 Å². The van der Waals surface area contributed by atoms with Crippen molar-refractivity contribution in [3.05, 3.63) is 28.5 Å². The summed E-state index contributed by atoms with van der Waals surface area (Å²) >= 11 is 0. The highest BCUT2D eigenvalue weighted by atomic mass is 16.3. The summed E-state index contributed by atoms with van der Waals surface area (Å²) in [4.78, 5) is 18.5. The Labute approximate surface area is 88.5 Å². The summed E-state index contributed by atoms with van der Waals surface area (Å²) in [6.07, 6.45) is 0. The van der Waals surface area contributed by atoms with E-state index in [0.29, 0.717) is 0 Å². The van der Waals surface area contributed by atoms with Crippen molar-refractivity contribution in [2.24, 2.45) is 0 Å². The van der Waals surface area contributed by atoms with Crippen LogP contribution in [0.4, 0.5) is 0 Å². The Balaban J connectivity index is 2.79. The van der Waals surface area contributed by atoms with Gasteiger partial charge in [-0.05, 0) is 0 Å². The fourth-order valence-corrected chi connectivity index (χ4v) is 1.25. The van der Waals surface area contributed by atoms with E-state index in [0.717, 1.165) is 0 Å². The molecule has 7 nitrogen and oxygen atoms in total. The summed E-state index contributed by atoms with van der Waals surface area (Å²) in [5.41, 5.74) is -1.24. The van der Waals surface area contributed by atoms with E-state index < -0.39 is 17.3 Å². The summed E-state index contributed by atoms with van der Waals surface area (Å²) in [6.45, 7) is 0. The molecule has 2 rings (SSSR count). The topological polar surface area (TPSA) is 131 Å². The second-order valence-corrected chi connectivity index (χ2v) is 2.87. The van der Waals surface area contributed by atoms with Gasteiger partial charge in [-0.25, -0.2) is 9.97 Å². The molecule has 1 aliphatic carbocycles. The number of ketones is 1. The minimum Gasteiger partial charge on any atom is -0.503 e. The molecule has 7 heteroatoms. The highest BCUT2D eigenvalue weighted by Crippen LogP contribution is 2.27. The lowest BCUT2D eigenvalue weighted by Gasteiger charge is -1.98. The number of allylic oxidation sites excluding steroid dienone is 1. The highest BCUT2D eigenvalue weighted by molar-refractivity contribution is 6.16. The molecule has 0 aromatic carbocycles. The molecule has 0 saturated heterocycles. The van der Waals surface area contributed by atoms with Crippen LogP contribution in [0.2, 0.25) is 0 Å². The normalized spacial score (nSPS) is 13.2. The first-order valence-corrected chi connectivity index (χ1v) is 3.99. The third-order valence-electron chi connectivity index (χ3n) is 1.99. The average Bonchev–Trinajstić information content (AvgIpc) is 2.52. The van der Waals surface area contributed by atoms with Crippen LogP contribution in [0.3, 0.4) is 0 Å². The standard InChI is InChI=1S/C9H2N4O3/c10-1-3-4(2-11)13-6-5(12-3)7(14)9(16)8(6)15/h(H2,14,15,16). The number of rotatable bonds is 0. The number of nitriles is 2. The van der Waals surface area contributed by atoms with E-state index in [4.69, 9.17) is 15.6 Å². The Kier molecular flexibility index (Phi) is 1.83. The third-order valence-corrected chi connectivity index (χ3v) is 1.99. The molecule has 0 bridgehead atoms. The zero-order chi connectivity index (χ0) is 11.9. The number of hydrogen-bond donors (Lipinski definition) is 2. The molecule has 1 aromatic rings. The van der Waals surface area contributed by atoms with Gasteiger partial charge in [0.15, 0.2) is 17.1 Å². The molecule has 0 amide bonds. The third kappa shape index (κ3) is 1.03. The van der Waals surface area contributed by atoms with E-state index in [-0.39, 0.29) is 22.8 Å². The molecule has 0 radical (unpaired) electrons. The quantitative estimate of drug-likeness (QED) is 0.630. The molecule has 0 unspecified atom stereocenters. The van der Waals surface area contributed by atoms with Crippen LogP contribution in [0.1, 0.15) is 27.6 Å². The Morgan fingerprint density at radius 3 is 1.94 bits per heavy atom. The number of aromatic nitrogens is 2. The van der Waals surface area contributed by atoms with Gasteiger partial charge < -0.3 is 10.2 Å². The van der Waals surface area contributed by atoms with E-state index in [2.05, 4.69) is 9.97 Å². The van der Waals surface area contributed by atoms with E-state index in [9.17, 15) is 9.90 Å². The van der Waals surface area contributed by atoms with Crippen molar-refractivity contribution in [2.45, 2.75) is 0 Å². The molecule has 0 saturated carbocycles. The summed E-state index contributed by atoms with van der Waals surface area (Å²) in [7, 11) is 0.